The van der Waals surface area contributed by atoms with Gasteiger partial charge >= 0.3 is 7.40 Å². The number of benzene rings is 2. The van der Waals surface area contributed by atoms with Crippen molar-refractivity contribution >= 4 is 5.97 Å². The van der Waals surface area contributed by atoms with Crippen molar-refractivity contribution in [1.82, 2.24) is 4.90 Å². The first-order valence-electron chi connectivity index (χ1n) is 11.0. The van der Waals surface area contributed by atoms with E-state index < -0.39 is 5.97 Å². The molecule has 1 aliphatic heterocycles. The molecule has 5 nitrogen and oxygen atoms in total. The Morgan fingerprint density at radius 3 is 2.47 bits per heavy atom. The third-order valence-electron chi connectivity index (χ3n) is 5.87. The predicted molar refractivity (Wildman–Crippen MR) is 121 cm³/mol. The predicted octanol–water partition coefficient (Wildman–Crippen LogP) is 2.36. The average Bonchev–Trinajstić information content (AvgIpc) is 3.46. The Balaban J connectivity index is 0.00000193. The summed E-state index contributed by atoms with van der Waals surface area (Å²) in [5.74, 6) is 1.05. The molecule has 0 aliphatic carbocycles. The van der Waals surface area contributed by atoms with Crippen molar-refractivity contribution in [2.45, 2.75) is 38.1 Å². The van der Waals surface area contributed by atoms with Gasteiger partial charge in [-0.25, -0.2) is 0 Å². The number of carboxylic acids is 1. The van der Waals surface area contributed by atoms with Gasteiger partial charge in [-0.3, -0.25) is 9.69 Å². The minimum Gasteiger partial charge on any atom is -1.00 e. The molecule has 2 aromatic carbocycles. The first-order valence-corrected chi connectivity index (χ1v) is 11.0. The van der Waals surface area contributed by atoms with Gasteiger partial charge in [-0.15, -0.1) is 0 Å². The number of hydrogen-bond donors (Lipinski definition) is 1. The Morgan fingerprint density at radius 2 is 1.81 bits per heavy atom. The molecule has 1 aliphatic rings. The summed E-state index contributed by atoms with van der Waals surface area (Å²) < 4.78 is 11.5. The van der Waals surface area contributed by atoms with Crippen LogP contribution in [0, 0.1) is 0 Å². The second-order valence-corrected chi connectivity index (χ2v) is 8.14. The topological polar surface area (TPSA) is 62.9 Å². The summed E-state index contributed by atoms with van der Waals surface area (Å²) in [6.07, 6.45) is 5.76. The molecule has 0 spiro atoms. The first kappa shape index (κ1) is 23.9. The third kappa shape index (κ3) is 6.62. The number of aliphatic carboxylic acids is 1. The number of carbonyl (C=O) groups is 1. The number of halogens is 1. The molecule has 0 unspecified atom stereocenters. The van der Waals surface area contributed by atoms with Gasteiger partial charge in [-0.2, -0.15) is 0 Å². The Bertz CT molecular complexity index is 961. The monoisotopic (exact) mass is 455 g/mol. The Kier molecular flexibility index (Phi) is 8.77. The van der Waals surface area contributed by atoms with Gasteiger partial charge < -0.3 is 26.7 Å². The zero-order valence-corrected chi connectivity index (χ0v) is 18.8. The molecule has 170 valence electrons. The number of carboxylic acid groups (broad SMARTS) is 1. The summed E-state index contributed by atoms with van der Waals surface area (Å²) in [5.41, 5.74) is 3.59. The minimum absolute atomic E-state index is 0. The second kappa shape index (κ2) is 11.7. The fraction of sp³-hybridized carbons (Fsp3) is 0.346. The molecule has 2 heterocycles. The van der Waals surface area contributed by atoms with E-state index in [1.165, 1.54) is 11.1 Å². The summed E-state index contributed by atoms with van der Waals surface area (Å²) in [4.78, 5) is 13.1. The lowest BCUT2D eigenvalue weighted by atomic mass is 10.0. The smallest absolute Gasteiger partial charge is 1.00 e. The Labute approximate surface area is 196 Å². The van der Waals surface area contributed by atoms with Crippen molar-refractivity contribution < 1.29 is 32.9 Å². The maximum absolute atomic E-state index is 10.7. The number of rotatable bonds is 10. The summed E-state index contributed by atoms with van der Waals surface area (Å²) in [5, 5.41) is 8.83. The number of likely N-dealkylation sites (tertiary alicyclic amines) is 1. The van der Waals surface area contributed by atoms with Crippen LogP contribution in [0.15, 0.2) is 71.3 Å². The van der Waals surface area contributed by atoms with Crippen molar-refractivity contribution in [1.29, 1.82) is 0 Å². The molecule has 4 rings (SSSR count). The number of hydrogen-bond acceptors (Lipinski definition) is 4. The zero-order chi connectivity index (χ0) is 21.5. The molecule has 6 heteroatoms. The molecule has 1 N–H and O–H groups in total. The fourth-order valence-electron chi connectivity index (χ4n) is 4.17. The van der Waals surface area contributed by atoms with Crippen LogP contribution < -0.4 is 17.1 Å². The maximum atomic E-state index is 10.7. The van der Waals surface area contributed by atoms with Gasteiger partial charge in [0.05, 0.1) is 6.26 Å². The molecule has 1 fully saturated rings. The van der Waals surface area contributed by atoms with Gasteiger partial charge in [0, 0.05) is 18.0 Å². The highest BCUT2D eigenvalue weighted by molar-refractivity contribution is 5.66. The van der Waals surface area contributed by atoms with Crippen LogP contribution in [0.25, 0.3) is 11.3 Å². The van der Waals surface area contributed by atoms with E-state index in [0.29, 0.717) is 19.1 Å². The van der Waals surface area contributed by atoms with Gasteiger partial charge in [-0.1, -0.05) is 36.4 Å². The lowest BCUT2D eigenvalue weighted by Crippen LogP contribution is -3.00. The van der Waals surface area contributed by atoms with E-state index in [1.54, 1.807) is 6.26 Å². The maximum Gasteiger partial charge on any atom is 1.00 e. The van der Waals surface area contributed by atoms with Crippen LogP contribution in [-0.2, 0) is 11.2 Å². The molecular weight excluding hydrogens is 426 g/mol. The van der Waals surface area contributed by atoms with Crippen LogP contribution in [0.4, 0.5) is 0 Å². The van der Waals surface area contributed by atoms with Gasteiger partial charge in [-0.05, 0) is 74.2 Å². The molecule has 1 aromatic heterocycles. The van der Waals surface area contributed by atoms with Crippen molar-refractivity contribution in [3.05, 3.63) is 78.1 Å². The molecule has 0 amide bonds. The standard InChI is InChI=1S/C26H29NO4.ClH/c28-26(29)6-2-16-27-15-1-4-23(27)19-31-24-13-9-21(10-14-24)18-20-7-11-22(12-8-20)25-5-3-17-30-25;/h3,5,7-14,17,23H,1-2,4,6,15-16,18-19H2,(H,28,29);1H/t23-;/m1./s1. The fourth-order valence-corrected chi connectivity index (χ4v) is 4.17. The first-order chi connectivity index (χ1) is 15.2. The van der Waals surface area contributed by atoms with Crippen molar-refractivity contribution in [3.8, 4) is 17.1 Å². The van der Waals surface area contributed by atoms with Crippen LogP contribution in [-0.4, -0.2) is 41.7 Å². The quantitative estimate of drug-likeness (QED) is 0.508. The van der Waals surface area contributed by atoms with Crippen LogP contribution in [0.3, 0.4) is 0 Å². The van der Waals surface area contributed by atoms with E-state index >= 15 is 0 Å². The van der Waals surface area contributed by atoms with E-state index in [-0.39, 0.29) is 20.3 Å². The number of ether oxygens (including phenoxy) is 1. The molecule has 1 saturated heterocycles. The molecule has 1 atom stereocenters. The van der Waals surface area contributed by atoms with Crippen molar-refractivity contribution in [2.75, 3.05) is 19.7 Å². The lowest BCUT2D eigenvalue weighted by Gasteiger charge is -2.24. The highest BCUT2D eigenvalue weighted by atomic mass is 35.5. The SMILES string of the molecule is O=C(O)CCCN1CCC[C@@H]1COc1ccc(Cc2ccc(-c3ccco3)cc2)cc1.[Cl-].[H+]. The summed E-state index contributed by atoms with van der Waals surface area (Å²) in [6.45, 7) is 2.52. The van der Waals surface area contributed by atoms with E-state index in [4.69, 9.17) is 14.3 Å². The van der Waals surface area contributed by atoms with Crippen molar-refractivity contribution in [2.24, 2.45) is 0 Å². The van der Waals surface area contributed by atoms with E-state index in [1.807, 2.05) is 24.3 Å². The lowest BCUT2D eigenvalue weighted by molar-refractivity contribution is -0.137. The number of furan rings is 1. The number of nitrogens with zero attached hydrogens (tertiary/aromatic N) is 1. The summed E-state index contributed by atoms with van der Waals surface area (Å²) in [7, 11) is 0. The molecule has 0 radical (unpaired) electrons. The molecule has 0 bridgehead atoms. The van der Waals surface area contributed by atoms with Gasteiger partial charge in [0.25, 0.3) is 0 Å². The summed E-state index contributed by atoms with van der Waals surface area (Å²) in [6, 6.07) is 21.0. The van der Waals surface area contributed by atoms with Crippen LogP contribution in [0.1, 0.15) is 38.2 Å². The Morgan fingerprint density at radius 1 is 1.09 bits per heavy atom. The average molecular weight is 456 g/mol. The van der Waals surface area contributed by atoms with Crippen LogP contribution in [0.2, 0.25) is 0 Å². The highest BCUT2D eigenvalue weighted by Crippen LogP contribution is 2.23. The van der Waals surface area contributed by atoms with Gasteiger partial charge in [0.15, 0.2) is 0 Å². The molecule has 32 heavy (non-hydrogen) atoms. The summed E-state index contributed by atoms with van der Waals surface area (Å²) >= 11 is 0. The van der Waals surface area contributed by atoms with E-state index in [2.05, 4.69) is 41.3 Å². The molecular formula is C26H30ClNO4. The minimum atomic E-state index is -0.722. The van der Waals surface area contributed by atoms with Gasteiger partial charge in [0.1, 0.15) is 18.1 Å². The van der Waals surface area contributed by atoms with Crippen LogP contribution in [0.5, 0.6) is 5.75 Å². The Hall–Kier alpha value is -2.76. The van der Waals surface area contributed by atoms with E-state index in [9.17, 15) is 4.79 Å². The third-order valence-corrected chi connectivity index (χ3v) is 5.87. The largest absolute Gasteiger partial charge is 1.00 e. The molecule has 3 aromatic rings. The second-order valence-electron chi connectivity index (χ2n) is 8.14. The zero-order valence-electron chi connectivity index (χ0n) is 19.1. The van der Waals surface area contributed by atoms with Crippen LogP contribution >= 0.6 is 0 Å². The molecule has 0 saturated carbocycles. The van der Waals surface area contributed by atoms with E-state index in [0.717, 1.165) is 49.4 Å². The van der Waals surface area contributed by atoms with Gasteiger partial charge in [0.2, 0.25) is 0 Å². The highest BCUT2D eigenvalue weighted by Gasteiger charge is 2.24. The van der Waals surface area contributed by atoms with Crippen molar-refractivity contribution in [3.63, 3.8) is 0 Å². The normalized spacial score (nSPS) is 15.9.